The van der Waals surface area contributed by atoms with Gasteiger partial charge in [-0.1, -0.05) is 18.2 Å². The first kappa shape index (κ1) is 22.7. The normalized spacial score (nSPS) is 17.5. The molecule has 2 heterocycles. The average molecular weight is 469 g/mol. The van der Waals surface area contributed by atoms with E-state index in [0.29, 0.717) is 17.0 Å². The van der Waals surface area contributed by atoms with E-state index in [1.807, 2.05) is 24.3 Å². The van der Waals surface area contributed by atoms with Crippen LogP contribution < -0.4 is 0 Å². The third-order valence-electron chi connectivity index (χ3n) is 5.63. The van der Waals surface area contributed by atoms with Gasteiger partial charge in [0.2, 0.25) is 0 Å². The number of likely N-dealkylation sites (N-methyl/N-ethyl adjacent to an activating group) is 1. The van der Waals surface area contributed by atoms with Crippen molar-refractivity contribution in [3.8, 4) is 0 Å². The smallest absolute Gasteiger partial charge is 0.361 e. The molecule has 4 rings (SSSR count). The highest BCUT2D eigenvalue weighted by atomic mass is 19.4. The summed E-state index contributed by atoms with van der Waals surface area (Å²) in [6.45, 7) is -0.709. The minimum atomic E-state index is -5.02. The zero-order chi connectivity index (χ0) is 24.1. The SMILES string of the molecule is CN1C(=O)N(Cc2cc(C(F)(F)F)cc(C(F)(F)F)c2)C(=O)C1Cc1c[nH]c2ccccc12. The van der Waals surface area contributed by atoms with Crippen molar-refractivity contribution in [3.05, 3.63) is 70.9 Å². The van der Waals surface area contributed by atoms with Gasteiger partial charge in [0.25, 0.3) is 5.91 Å². The number of rotatable bonds is 4. The summed E-state index contributed by atoms with van der Waals surface area (Å²) in [6.07, 6.45) is -8.22. The first-order valence-corrected chi connectivity index (χ1v) is 9.78. The number of amides is 3. The molecule has 0 saturated carbocycles. The molecule has 33 heavy (non-hydrogen) atoms. The molecule has 1 saturated heterocycles. The van der Waals surface area contributed by atoms with Crippen molar-refractivity contribution in [1.82, 2.24) is 14.8 Å². The lowest BCUT2D eigenvalue weighted by atomic mass is 10.0. The summed E-state index contributed by atoms with van der Waals surface area (Å²) >= 11 is 0. The molecule has 0 radical (unpaired) electrons. The molecule has 1 N–H and O–H groups in total. The topological polar surface area (TPSA) is 56.4 Å². The number of hydrogen-bond acceptors (Lipinski definition) is 2. The number of carbonyl (C=O) groups excluding carboxylic acids is 2. The fraction of sp³-hybridized carbons (Fsp3) is 0.273. The number of aromatic nitrogens is 1. The maximum atomic E-state index is 13.1. The third kappa shape index (κ3) is 4.27. The van der Waals surface area contributed by atoms with Crippen molar-refractivity contribution in [1.29, 1.82) is 0 Å². The second kappa shape index (κ2) is 7.82. The second-order valence-electron chi connectivity index (χ2n) is 7.81. The molecule has 1 fully saturated rings. The number of nitrogens with zero attached hydrogens (tertiary/aromatic N) is 2. The highest BCUT2D eigenvalue weighted by molar-refractivity contribution is 6.04. The molecular weight excluding hydrogens is 452 g/mol. The number of carbonyl (C=O) groups is 2. The number of nitrogens with one attached hydrogen (secondary N) is 1. The number of imide groups is 1. The summed E-state index contributed by atoms with van der Waals surface area (Å²) in [5, 5.41) is 0.845. The van der Waals surface area contributed by atoms with E-state index >= 15 is 0 Å². The molecule has 1 aliphatic heterocycles. The van der Waals surface area contributed by atoms with E-state index in [1.54, 1.807) is 6.20 Å². The van der Waals surface area contributed by atoms with Gasteiger partial charge in [0.05, 0.1) is 17.7 Å². The molecule has 0 spiro atoms. The van der Waals surface area contributed by atoms with Crippen molar-refractivity contribution < 1.29 is 35.9 Å². The van der Waals surface area contributed by atoms with Crippen molar-refractivity contribution in [3.63, 3.8) is 0 Å². The number of urea groups is 1. The zero-order valence-electron chi connectivity index (χ0n) is 17.1. The number of para-hydroxylation sites is 1. The standard InChI is InChI=1S/C22H17F6N3O2/c1-30-18(8-13-10-29-17-5-3-2-4-16(13)17)19(32)31(20(30)33)11-12-6-14(21(23,24)25)9-15(7-12)22(26,27)28/h2-7,9-10,18,29H,8,11H2,1H3. The molecule has 174 valence electrons. The predicted octanol–water partition coefficient (Wildman–Crippen LogP) is 5.21. The summed E-state index contributed by atoms with van der Waals surface area (Å²) in [5.41, 5.74) is -1.87. The first-order chi connectivity index (χ1) is 15.4. The van der Waals surface area contributed by atoms with Crippen molar-refractivity contribution in [2.45, 2.75) is 31.4 Å². The summed E-state index contributed by atoms with van der Waals surface area (Å²) in [7, 11) is 1.37. The molecule has 1 aliphatic rings. The summed E-state index contributed by atoms with van der Waals surface area (Å²) < 4.78 is 78.8. The Kier molecular flexibility index (Phi) is 5.38. The summed E-state index contributed by atoms with van der Waals surface area (Å²) in [6, 6.07) is 6.60. The van der Waals surface area contributed by atoms with Gasteiger partial charge in [-0.05, 0) is 35.4 Å². The van der Waals surface area contributed by atoms with Gasteiger partial charge in [-0.3, -0.25) is 9.69 Å². The largest absolute Gasteiger partial charge is 0.416 e. The molecule has 3 aromatic rings. The molecule has 1 aromatic heterocycles. The van der Waals surface area contributed by atoms with Gasteiger partial charge in [-0.15, -0.1) is 0 Å². The van der Waals surface area contributed by atoms with Crippen LogP contribution in [0.3, 0.4) is 0 Å². The first-order valence-electron chi connectivity index (χ1n) is 9.78. The Morgan fingerprint density at radius 3 is 2.15 bits per heavy atom. The Morgan fingerprint density at radius 1 is 0.939 bits per heavy atom. The molecule has 2 aromatic carbocycles. The molecular formula is C22H17F6N3O2. The van der Waals surface area contributed by atoms with Gasteiger partial charge in [0, 0.05) is 30.6 Å². The van der Waals surface area contributed by atoms with E-state index in [4.69, 9.17) is 0 Å². The Labute approximate surface area is 183 Å². The molecule has 3 amide bonds. The minimum absolute atomic E-state index is 0.00304. The van der Waals surface area contributed by atoms with Crippen molar-refractivity contribution in [2.24, 2.45) is 0 Å². The number of H-pyrrole nitrogens is 1. The average Bonchev–Trinajstić information content (AvgIpc) is 3.23. The number of hydrogen-bond donors (Lipinski definition) is 1. The van der Waals surface area contributed by atoms with Gasteiger partial charge in [0.1, 0.15) is 6.04 Å². The highest BCUT2D eigenvalue weighted by Crippen LogP contribution is 2.37. The van der Waals surface area contributed by atoms with Crippen LogP contribution in [0.5, 0.6) is 0 Å². The maximum Gasteiger partial charge on any atom is 0.416 e. The summed E-state index contributed by atoms with van der Waals surface area (Å²) in [5.74, 6) is -0.696. The molecule has 0 aliphatic carbocycles. The molecule has 5 nitrogen and oxygen atoms in total. The van der Waals surface area contributed by atoms with Gasteiger partial charge in [-0.2, -0.15) is 26.3 Å². The fourth-order valence-electron chi connectivity index (χ4n) is 3.94. The quantitative estimate of drug-likeness (QED) is 0.421. The molecule has 1 unspecified atom stereocenters. The van der Waals surface area contributed by atoms with E-state index < -0.39 is 53.6 Å². The fourth-order valence-corrected chi connectivity index (χ4v) is 3.94. The van der Waals surface area contributed by atoms with E-state index in [0.717, 1.165) is 21.4 Å². The van der Waals surface area contributed by atoms with Crippen LogP contribution in [0, 0.1) is 0 Å². The van der Waals surface area contributed by atoms with Crippen LogP contribution in [0.1, 0.15) is 22.3 Å². The van der Waals surface area contributed by atoms with E-state index in [9.17, 15) is 35.9 Å². The van der Waals surface area contributed by atoms with Gasteiger partial charge < -0.3 is 9.88 Å². The second-order valence-corrected chi connectivity index (χ2v) is 7.81. The van der Waals surface area contributed by atoms with Crippen molar-refractivity contribution >= 4 is 22.8 Å². The number of fused-ring (bicyclic) bond motifs is 1. The van der Waals surface area contributed by atoms with Crippen LogP contribution in [0.4, 0.5) is 31.1 Å². The van der Waals surface area contributed by atoms with Gasteiger partial charge >= 0.3 is 18.4 Å². The van der Waals surface area contributed by atoms with Crippen LogP contribution >= 0.6 is 0 Å². The van der Waals surface area contributed by atoms with E-state index in [1.165, 1.54) is 7.05 Å². The Balaban J connectivity index is 1.62. The minimum Gasteiger partial charge on any atom is -0.361 e. The zero-order valence-corrected chi connectivity index (χ0v) is 17.1. The monoisotopic (exact) mass is 469 g/mol. The number of aromatic amines is 1. The lowest BCUT2D eigenvalue weighted by Gasteiger charge is -2.17. The Bertz CT molecular complexity index is 1200. The lowest BCUT2D eigenvalue weighted by molar-refractivity contribution is -0.143. The molecule has 0 bridgehead atoms. The Morgan fingerprint density at radius 2 is 1.55 bits per heavy atom. The van der Waals surface area contributed by atoms with Crippen LogP contribution in [0.15, 0.2) is 48.7 Å². The molecule has 11 heteroatoms. The molecule has 1 atom stereocenters. The number of halogens is 6. The number of benzene rings is 2. The van der Waals surface area contributed by atoms with Crippen molar-refractivity contribution in [2.75, 3.05) is 7.05 Å². The van der Waals surface area contributed by atoms with E-state index in [2.05, 4.69) is 4.98 Å². The van der Waals surface area contributed by atoms with Crippen LogP contribution in [0.25, 0.3) is 10.9 Å². The van der Waals surface area contributed by atoms with Crippen LogP contribution in [-0.2, 0) is 30.1 Å². The Hall–Kier alpha value is -3.50. The van der Waals surface area contributed by atoms with Crippen LogP contribution in [-0.4, -0.2) is 39.8 Å². The van der Waals surface area contributed by atoms with Gasteiger partial charge in [-0.25, -0.2) is 4.79 Å². The lowest BCUT2D eigenvalue weighted by Crippen LogP contribution is -2.33. The number of alkyl halides is 6. The maximum absolute atomic E-state index is 13.1. The van der Waals surface area contributed by atoms with Gasteiger partial charge in [0.15, 0.2) is 0 Å². The highest BCUT2D eigenvalue weighted by Gasteiger charge is 2.44. The summed E-state index contributed by atoms with van der Waals surface area (Å²) in [4.78, 5) is 30.5. The predicted molar refractivity (Wildman–Crippen MR) is 106 cm³/mol. The van der Waals surface area contributed by atoms with E-state index in [-0.39, 0.29) is 12.5 Å². The van der Waals surface area contributed by atoms with Crippen LogP contribution in [0.2, 0.25) is 0 Å². The third-order valence-corrected chi connectivity index (χ3v) is 5.63.